The molecule has 5 heteroatoms. The first kappa shape index (κ1) is 14.1. The maximum absolute atomic E-state index is 10.4. The first-order valence-electron chi connectivity index (χ1n) is 4.65. The highest BCUT2D eigenvalue weighted by Gasteiger charge is 1.93. The maximum Gasteiger partial charge on any atom is 0.317 e. The van der Waals surface area contributed by atoms with Gasteiger partial charge >= 0.3 is 11.9 Å². The summed E-state index contributed by atoms with van der Waals surface area (Å²) in [6.45, 7) is 1.50. The fourth-order valence-electron chi connectivity index (χ4n) is 0.759. The molecule has 3 N–H and O–H groups in total. The van der Waals surface area contributed by atoms with Crippen LogP contribution in [0.25, 0.3) is 0 Å². The van der Waals surface area contributed by atoms with Crippen LogP contribution in [-0.2, 0) is 20.9 Å². The quantitative estimate of drug-likeness (QED) is 0.742. The fraction of sp³-hybridized carbons (Fsp3) is 0.273. The third-order valence-electron chi connectivity index (χ3n) is 1.46. The minimum absolute atomic E-state index is 0.242. The van der Waals surface area contributed by atoms with Gasteiger partial charge in [-0.2, -0.15) is 0 Å². The van der Waals surface area contributed by atoms with Crippen molar-refractivity contribution in [3.8, 4) is 0 Å². The molecule has 0 amide bonds. The average Bonchev–Trinajstić information content (AvgIpc) is 2.28. The van der Waals surface area contributed by atoms with Gasteiger partial charge in [-0.15, -0.1) is 0 Å². The minimum Gasteiger partial charge on any atom is -0.480 e. The van der Waals surface area contributed by atoms with Crippen molar-refractivity contribution in [3.05, 3.63) is 35.9 Å². The van der Waals surface area contributed by atoms with E-state index in [0.717, 1.165) is 5.56 Å². The van der Waals surface area contributed by atoms with Gasteiger partial charge in [0, 0.05) is 6.92 Å². The van der Waals surface area contributed by atoms with Crippen LogP contribution in [0.1, 0.15) is 12.5 Å². The van der Waals surface area contributed by atoms with Crippen LogP contribution < -0.4 is 5.73 Å². The highest BCUT2D eigenvalue weighted by molar-refractivity contribution is 5.68. The molecule has 88 valence electrons. The van der Waals surface area contributed by atoms with Gasteiger partial charge in [0.1, 0.15) is 6.61 Å². The van der Waals surface area contributed by atoms with E-state index in [9.17, 15) is 9.59 Å². The van der Waals surface area contributed by atoms with Crippen molar-refractivity contribution < 1.29 is 19.4 Å². The van der Waals surface area contributed by atoms with Crippen molar-refractivity contribution in [1.82, 2.24) is 0 Å². The molecule has 0 fully saturated rings. The number of carbonyl (C=O) groups is 2. The van der Waals surface area contributed by atoms with E-state index in [1.807, 2.05) is 30.3 Å². The van der Waals surface area contributed by atoms with Gasteiger partial charge in [-0.1, -0.05) is 30.3 Å². The zero-order valence-electron chi connectivity index (χ0n) is 9.05. The number of hydrogen-bond acceptors (Lipinski definition) is 4. The number of hydrogen-bond donors (Lipinski definition) is 2. The third kappa shape index (κ3) is 8.71. The van der Waals surface area contributed by atoms with Crippen molar-refractivity contribution in [2.45, 2.75) is 13.5 Å². The van der Waals surface area contributed by atoms with Crippen LogP contribution in [-0.4, -0.2) is 23.6 Å². The number of aliphatic carboxylic acids is 1. The van der Waals surface area contributed by atoms with E-state index in [2.05, 4.69) is 5.73 Å². The summed E-state index contributed by atoms with van der Waals surface area (Å²) >= 11 is 0. The number of ether oxygens (including phenoxy) is 1. The first-order chi connectivity index (χ1) is 7.56. The molecule has 0 saturated heterocycles. The van der Waals surface area contributed by atoms with Gasteiger partial charge in [0.05, 0.1) is 6.54 Å². The monoisotopic (exact) mass is 225 g/mol. The molecule has 1 rings (SSSR count). The van der Waals surface area contributed by atoms with E-state index in [4.69, 9.17) is 9.84 Å². The van der Waals surface area contributed by atoms with Crippen molar-refractivity contribution in [2.24, 2.45) is 5.73 Å². The molecule has 0 atom stereocenters. The molecule has 5 nitrogen and oxygen atoms in total. The Bertz CT molecular complexity index is 324. The summed E-state index contributed by atoms with van der Waals surface area (Å²) in [5, 5.41) is 7.60. The number of rotatable bonds is 3. The van der Waals surface area contributed by atoms with Crippen LogP contribution in [0.4, 0.5) is 0 Å². The Morgan fingerprint density at radius 2 is 1.81 bits per heavy atom. The molecule has 0 bridgehead atoms. The van der Waals surface area contributed by atoms with E-state index in [-0.39, 0.29) is 12.5 Å². The maximum atomic E-state index is 10.4. The lowest BCUT2D eigenvalue weighted by Gasteiger charge is -1.99. The van der Waals surface area contributed by atoms with E-state index in [0.29, 0.717) is 6.61 Å². The van der Waals surface area contributed by atoms with Gasteiger partial charge in [0.2, 0.25) is 0 Å². The molecule has 0 unspecified atom stereocenters. The molecule has 0 spiro atoms. The summed E-state index contributed by atoms with van der Waals surface area (Å²) in [7, 11) is 0. The van der Waals surface area contributed by atoms with Crippen molar-refractivity contribution in [1.29, 1.82) is 0 Å². The number of carboxylic acids is 1. The van der Waals surface area contributed by atoms with Gasteiger partial charge in [-0.3, -0.25) is 9.59 Å². The van der Waals surface area contributed by atoms with Crippen molar-refractivity contribution in [2.75, 3.05) is 6.54 Å². The summed E-state index contributed by atoms with van der Waals surface area (Å²) in [6.07, 6.45) is 0. The van der Waals surface area contributed by atoms with E-state index >= 15 is 0 Å². The molecule has 0 aliphatic rings. The van der Waals surface area contributed by atoms with Crippen LogP contribution in [0, 0.1) is 0 Å². The second kappa shape index (κ2) is 8.43. The predicted octanol–water partition coefficient (Wildman–Crippen LogP) is 0.779. The number of esters is 1. The Kier molecular flexibility index (Phi) is 7.44. The number of nitrogens with two attached hydrogens (primary N) is 1. The van der Waals surface area contributed by atoms with E-state index < -0.39 is 5.97 Å². The van der Waals surface area contributed by atoms with E-state index in [1.54, 1.807) is 0 Å². The lowest BCUT2D eigenvalue weighted by molar-refractivity contribution is -0.142. The zero-order valence-corrected chi connectivity index (χ0v) is 9.05. The Hall–Kier alpha value is -1.88. The predicted molar refractivity (Wildman–Crippen MR) is 58.6 cm³/mol. The molecule has 1 aromatic carbocycles. The highest BCUT2D eigenvalue weighted by atomic mass is 16.5. The molecule has 0 saturated carbocycles. The van der Waals surface area contributed by atoms with Gasteiger partial charge in [-0.05, 0) is 5.56 Å². The zero-order chi connectivity index (χ0) is 12.4. The van der Waals surface area contributed by atoms with Crippen LogP contribution in [0.3, 0.4) is 0 Å². The molecule has 1 aromatic rings. The van der Waals surface area contributed by atoms with Gasteiger partial charge in [0.15, 0.2) is 0 Å². The summed E-state index contributed by atoms with van der Waals surface area (Å²) in [4.78, 5) is 19.6. The summed E-state index contributed by atoms with van der Waals surface area (Å²) < 4.78 is 4.79. The van der Waals surface area contributed by atoms with Crippen LogP contribution in [0.15, 0.2) is 30.3 Å². The largest absolute Gasteiger partial charge is 0.480 e. The average molecular weight is 225 g/mol. The molecule has 0 aliphatic heterocycles. The number of carbonyl (C=O) groups excluding carboxylic acids is 1. The standard InChI is InChI=1S/C9H10O2.C2H5NO2/c1-8(10)11-7-9-5-3-2-4-6-9;3-1-2(4)5/h2-6H,7H2,1H3;1,3H2,(H,4,5). The highest BCUT2D eigenvalue weighted by Crippen LogP contribution is 1.99. The second-order valence-electron chi connectivity index (χ2n) is 2.86. The normalized spacial score (nSPS) is 8.62. The second-order valence-corrected chi connectivity index (χ2v) is 2.86. The van der Waals surface area contributed by atoms with E-state index in [1.165, 1.54) is 6.92 Å². The molecular formula is C11H15NO4. The Morgan fingerprint density at radius 3 is 2.19 bits per heavy atom. The Morgan fingerprint density at radius 1 is 1.31 bits per heavy atom. The van der Waals surface area contributed by atoms with Gasteiger partial charge in [0.25, 0.3) is 0 Å². The topological polar surface area (TPSA) is 89.6 Å². The molecular weight excluding hydrogens is 210 g/mol. The van der Waals surface area contributed by atoms with Crippen LogP contribution in [0.5, 0.6) is 0 Å². The summed E-state index contributed by atoms with van der Waals surface area (Å²) in [5.41, 5.74) is 5.59. The SMILES string of the molecule is CC(=O)OCc1ccccc1.NCC(=O)O. The smallest absolute Gasteiger partial charge is 0.317 e. The first-order valence-corrected chi connectivity index (χ1v) is 4.65. The van der Waals surface area contributed by atoms with Gasteiger partial charge < -0.3 is 15.6 Å². The molecule has 16 heavy (non-hydrogen) atoms. The fourth-order valence-corrected chi connectivity index (χ4v) is 0.759. The summed E-state index contributed by atoms with van der Waals surface area (Å²) in [5.74, 6) is -1.21. The Balaban J connectivity index is 0.000000385. The molecule has 0 heterocycles. The molecule has 0 aliphatic carbocycles. The van der Waals surface area contributed by atoms with Crippen LogP contribution >= 0.6 is 0 Å². The van der Waals surface area contributed by atoms with Crippen LogP contribution in [0.2, 0.25) is 0 Å². The minimum atomic E-state index is -0.968. The lowest BCUT2D eigenvalue weighted by atomic mass is 10.2. The summed E-state index contributed by atoms with van der Waals surface area (Å²) in [6, 6.07) is 9.60. The van der Waals surface area contributed by atoms with Crippen molar-refractivity contribution in [3.63, 3.8) is 0 Å². The van der Waals surface area contributed by atoms with Crippen molar-refractivity contribution >= 4 is 11.9 Å². The third-order valence-corrected chi connectivity index (χ3v) is 1.46. The number of benzene rings is 1. The Labute approximate surface area is 93.8 Å². The lowest BCUT2D eigenvalue weighted by Crippen LogP contribution is -2.10. The number of carboxylic acid groups (broad SMARTS) is 1. The molecule has 0 radical (unpaired) electrons. The molecule has 0 aromatic heterocycles. The van der Waals surface area contributed by atoms with Gasteiger partial charge in [-0.25, -0.2) is 0 Å².